The molecule has 0 aliphatic carbocycles. The molecule has 0 N–H and O–H groups in total. The molecule has 0 saturated carbocycles. The van der Waals surface area contributed by atoms with Crippen LogP contribution in [0.15, 0.2) is 211 Å². The average molecular weight is 679 g/mol. The molecule has 0 bridgehead atoms. The van der Waals surface area contributed by atoms with Crippen molar-refractivity contribution in [1.82, 2.24) is 4.57 Å². The number of para-hydroxylation sites is 5. The van der Waals surface area contributed by atoms with Crippen molar-refractivity contribution in [1.29, 1.82) is 0 Å². The summed E-state index contributed by atoms with van der Waals surface area (Å²) < 4.78 is 9.35. The van der Waals surface area contributed by atoms with Crippen molar-refractivity contribution in [2.45, 2.75) is 0 Å². The Morgan fingerprint density at radius 2 is 0.887 bits per heavy atom. The maximum atomic E-state index is 7.02. The summed E-state index contributed by atoms with van der Waals surface area (Å²) in [5, 5.41) is 2.18. The zero-order chi connectivity index (χ0) is 35.1. The first-order valence-corrected chi connectivity index (χ1v) is 18.0. The number of hydrogen-bond donors (Lipinski definition) is 0. The van der Waals surface area contributed by atoms with Gasteiger partial charge >= 0.3 is 0 Å². The molecule has 10 rings (SSSR count). The van der Waals surface area contributed by atoms with E-state index in [-0.39, 0.29) is 0 Å². The van der Waals surface area contributed by atoms with Crippen molar-refractivity contribution in [2.75, 3.05) is 4.90 Å². The van der Waals surface area contributed by atoms with Crippen LogP contribution >= 0.6 is 0 Å². The second-order valence-electron chi connectivity index (χ2n) is 13.3. The fourth-order valence-electron chi connectivity index (χ4n) is 7.82. The van der Waals surface area contributed by atoms with Gasteiger partial charge in [-0.15, -0.1) is 0 Å². The highest BCUT2D eigenvalue weighted by atomic mass is 16.3. The van der Waals surface area contributed by atoms with E-state index in [9.17, 15) is 0 Å². The Morgan fingerprint density at radius 3 is 1.62 bits per heavy atom. The molecule has 3 heteroatoms. The smallest absolute Gasteiger partial charge is 0.161 e. The average Bonchev–Trinajstić information content (AvgIpc) is 3.78. The lowest BCUT2D eigenvalue weighted by atomic mass is 9.97. The predicted molar refractivity (Wildman–Crippen MR) is 222 cm³/mol. The predicted octanol–water partition coefficient (Wildman–Crippen LogP) is 14.0. The molecule has 8 aromatic carbocycles. The van der Waals surface area contributed by atoms with Crippen LogP contribution in [0.1, 0.15) is 0 Å². The lowest BCUT2D eigenvalue weighted by molar-refractivity contribution is 0.674. The van der Waals surface area contributed by atoms with Gasteiger partial charge in [0.2, 0.25) is 0 Å². The molecule has 0 spiro atoms. The molecule has 0 unspecified atom stereocenters. The molecule has 0 aliphatic heterocycles. The van der Waals surface area contributed by atoms with Gasteiger partial charge in [-0.2, -0.15) is 0 Å². The Balaban J connectivity index is 1.22. The minimum Gasteiger partial charge on any atom is -0.453 e. The first-order valence-electron chi connectivity index (χ1n) is 18.0. The van der Waals surface area contributed by atoms with E-state index in [2.05, 4.69) is 216 Å². The molecule has 0 amide bonds. The lowest BCUT2D eigenvalue weighted by Gasteiger charge is -2.30. The maximum Gasteiger partial charge on any atom is 0.161 e. The van der Waals surface area contributed by atoms with Gasteiger partial charge in [0.05, 0.1) is 16.9 Å². The summed E-state index contributed by atoms with van der Waals surface area (Å²) in [7, 11) is 0. The van der Waals surface area contributed by atoms with Crippen molar-refractivity contribution in [2.24, 2.45) is 0 Å². The molecule has 250 valence electrons. The fourth-order valence-corrected chi connectivity index (χ4v) is 7.82. The SMILES string of the molecule is c1ccc(-c2ccc(N(c3ccccc3-c3ccccc3)c3ccccc3-c3cccc4c3oc3c5ccccc5n(-c5ccccc5)c43)cc2)cc1. The van der Waals surface area contributed by atoms with Gasteiger partial charge in [0.25, 0.3) is 0 Å². The summed E-state index contributed by atoms with van der Waals surface area (Å²) in [4.78, 5) is 2.40. The molecule has 2 heterocycles. The minimum atomic E-state index is 0.871. The normalized spacial score (nSPS) is 11.4. The van der Waals surface area contributed by atoms with Gasteiger partial charge in [0, 0.05) is 38.8 Å². The number of anilines is 3. The highest BCUT2D eigenvalue weighted by Crippen LogP contribution is 2.48. The number of aromatic nitrogens is 1. The third-order valence-electron chi connectivity index (χ3n) is 10.2. The maximum absolute atomic E-state index is 7.02. The lowest BCUT2D eigenvalue weighted by Crippen LogP contribution is -2.12. The van der Waals surface area contributed by atoms with Crippen LogP contribution in [0.3, 0.4) is 0 Å². The zero-order valence-corrected chi connectivity index (χ0v) is 28.9. The Kier molecular flexibility index (Phi) is 7.47. The van der Waals surface area contributed by atoms with E-state index >= 15 is 0 Å². The van der Waals surface area contributed by atoms with Crippen LogP contribution in [-0.2, 0) is 0 Å². The third-order valence-corrected chi connectivity index (χ3v) is 10.2. The van der Waals surface area contributed by atoms with Gasteiger partial charge < -0.3 is 13.9 Å². The fraction of sp³-hybridized carbons (Fsp3) is 0. The number of hydrogen-bond acceptors (Lipinski definition) is 2. The molecule has 3 nitrogen and oxygen atoms in total. The van der Waals surface area contributed by atoms with E-state index in [4.69, 9.17) is 4.42 Å². The highest BCUT2D eigenvalue weighted by molar-refractivity contribution is 6.19. The molecule has 0 aliphatic rings. The minimum absolute atomic E-state index is 0.871. The number of rotatable bonds is 7. The summed E-state index contributed by atoms with van der Waals surface area (Å²) in [6, 6.07) is 73.1. The number of benzene rings is 8. The van der Waals surface area contributed by atoms with Gasteiger partial charge in [0.1, 0.15) is 11.1 Å². The number of fused-ring (bicyclic) bond motifs is 5. The van der Waals surface area contributed by atoms with Crippen LogP contribution in [0.25, 0.3) is 72.0 Å². The Bertz CT molecular complexity index is 2870. The van der Waals surface area contributed by atoms with Gasteiger partial charge in [-0.1, -0.05) is 152 Å². The quantitative estimate of drug-likeness (QED) is 0.167. The van der Waals surface area contributed by atoms with Crippen molar-refractivity contribution >= 4 is 50.0 Å². The summed E-state index contributed by atoms with van der Waals surface area (Å²) in [5.74, 6) is 0. The van der Waals surface area contributed by atoms with Crippen LogP contribution < -0.4 is 4.90 Å². The van der Waals surface area contributed by atoms with E-state index in [0.717, 1.165) is 78.0 Å². The van der Waals surface area contributed by atoms with Gasteiger partial charge in [-0.25, -0.2) is 0 Å². The third kappa shape index (κ3) is 5.21. The van der Waals surface area contributed by atoms with E-state index in [1.165, 1.54) is 11.1 Å². The van der Waals surface area contributed by atoms with E-state index < -0.39 is 0 Å². The van der Waals surface area contributed by atoms with Gasteiger partial charge in [-0.05, 0) is 71.3 Å². The molecule has 0 atom stereocenters. The topological polar surface area (TPSA) is 21.3 Å². The summed E-state index contributed by atoms with van der Waals surface area (Å²) in [5.41, 5.74) is 15.1. The standard InChI is InChI=1S/C50H34N2O/c1-4-17-35(18-5-1)36-31-33-39(34-32-36)51(45-28-13-10-23-40(45)37-19-6-2-7-20-37)46-29-14-11-24-41(46)42-26-16-27-44-48-50(53-49(42)44)43-25-12-15-30-47(43)52(48)38-21-8-3-9-22-38/h1-34H. The molecule has 0 radical (unpaired) electrons. The van der Waals surface area contributed by atoms with Crippen molar-refractivity contribution in [3.63, 3.8) is 0 Å². The Morgan fingerprint density at radius 1 is 0.358 bits per heavy atom. The Hall–Kier alpha value is -7.10. The van der Waals surface area contributed by atoms with Crippen LogP contribution in [0.5, 0.6) is 0 Å². The first-order chi connectivity index (χ1) is 26.3. The van der Waals surface area contributed by atoms with Crippen LogP contribution in [0.4, 0.5) is 17.1 Å². The first kappa shape index (κ1) is 30.7. The van der Waals surface area contributed by atoms with Crippen LogP contribution in [0.2, 0.25) is 0 Å². The summed E-state index contributed by atoms with van der Waals surface area (Å²) >= 11 is 0. The van der Waals surface area contributed by atoms with E-state index in [1.807, 2.05) is 0 Å². The van der Waals surface area contributed by atoms with Gasteiger partial charge in [-0.3, -0.25) is 0 Å². The second-order valence-corrected chi connectivity index (χ2v) is 13.3. The number of nitrogens with zero attached hydrogens (tertiary/aromatic N) is 2. The van der Waals surface area contributed by atoms with Crippen LogP contribution in [-0.4, -0.2) is 4.57 Å². The summed E-state index contributed by atoms with van der Waals surface area (Å²) in [6.07, 6.45) is 0. The molecular weight excluding hydrogens is 645 g/mol. The molecule has 10 aromatic rings. The monoisotopic (exact) mass is 678 g/mol. The molecule has 2 aromatic heterocycles. The second kappa shape index (κ2) is 12.9. The largest absolute Gasteiger partial charge is 0.453 e. The summed E-state index contributed by atoms with van der Waals surface area (Å²) in [6.45, 7) is 0. The molecule has 0 saturated heterocycles. The zero-order valence-electron chi connectivity index (χ0n) is 28.9. The Labute approximate surface area is 308 Å². The molecule has 53 heavy (non-hydrogen) atoms. The van der Waals surface area contributed by atoms with Gasteiger partial charge in [0.15, 0.2) is 5.58 Å². The van der Waals surface area contributed by atoms with Crippen molar-refractivity contribution in [3.05, 3.63) is 206 Å². The van der Waals surface area contributed by atoms with Crippen molar-refractivity contribution < 1.29 is 4.42 Å². The van der Waals surface area contributed by atoms with Crippen molar-refractivity contribution in [3.8, 4) is 39.1 Å². The van der Waals surface area contributed by atoms with E-state index in [0.29, 0.717) is 0 Å². The van der Waals surface area contributed by atoms with Crippen LogP contribution in [0, 0.1) is 0 Å². The number of furan rings is 1. The highest BCUT2D eigenvalue weighted by Gasteiger charge is 2.24. The van der Waals surface area contributed by atoms with E-state index in [1.54, 1.807) is 0 Å². The molecular formula is C50H34N2O. The molecule has 0 fully saturated rings.